The first-order chi connectivity index (χ1) is 5.27. The lowest BCUT2D eigenvalue weighted by Crippen LogP contribution is -2.10. The van der Waals surface area contributed by atoms with Gasteiger partial charge >= 0.3 is 0 Å². The van der Waals surface area contributed by atoms with E-state index in [0.717, 1.165) is 11.3 Å². The average Bonchev–Trinajstić information content (AvgIpc) is 2.32. The van der Waals surface area contributed by atoms with E-state index >= 15 is 0 Å². The van der Waals surface area contributed by atoms with Crippen LogP contribution >= 0.6 is 11.6 Å². The van der Waals surface area contributed by atoms with Gasteiger partial charge in [-0.25, -0.2) is 0 Å². The van der Waals surface area contributed by atoms with Crippen molar-refractivity contribution in [3.63, 3.8) is 0 Å². The van der Waals surface area contributed by atoms with Crippen molar-refractivity contribution in [2.24, 2.45) is 5.73 Å². The molecule has 1 aromatic rings. The van der Waals surface area contributed by atoms with Gasteiger partial charge in [-0.1, -0.05) is 17.7 Å². The Kier molecular flexibility index (Phi) is 1.51. The highest BCUT2D eigenvalue weighted by molar-refractivity contribution is 6.30. The Balaban J connectivity index is 2.50. The summed E-state index contributed by atoms with van der Waals surface area (Å²) in [7, 11) is 0. The third kappa shape index (κ3) is 1.08. The smallest absolute Gasteiger partial charge is 0.125 e. The Labute approximate surface area is 69.9 Å². The molecule has 0 saturated carbocycles. The first-order valence-electron chi connectivity index (χ1n) is 3.45. The number of nitrogens with two attached hydrogens (primary N) is 1. The van der Waals surface area contributed by atoms with E-state index in [0.29, 0.717) is 11.6 Å². The van der Waals surface area contributed by atoms with Crippen molar-refractivity contribution in [1.29, 1.82) is 0 Å². The summed E-state index contributed by atoms with van der Waals surface area (Å²) < 4.78 is 5.28. The number of rotatable bonds is 0. The number of fused-ring (bicyclic) bond motifs is 1. The van der Waals surface area contributed by atoms with Crippen molar-refractivity contribution in [1.82, 2.24) is 0 Å². The molecule has 0 aliphatic carbocycles. The predicted octanol–water partition coefficient (Wildman–Crippen LogP) is 1.73. The molecule has 0 spiro atoms. The molecular formula is C8H8ClNO. The Hall–Kier alpha value is -0.730. The molecule has 11 heavy (non-hydrogen) atoms. The summed E-state index contributed by atoms with van der Waals surface area (Å²) in [6.45, 7) is 0.565. The van der Waals surface area contributed by atoms with Crippen molar-refractivity contribution in [2.75, 3.05) is 6.61 Å². The van der Waals surface area contributed by atoms with E-state index in [9.17, 15) is 0 Å². The molecule has 0 radical (unpaired) electrons. The maximum atomic E-state index is 5.75. The van der Waals surface area contributed by atoms with E-state index in [1.54, 1.807) is 6.07 Å². The highest BCUT2D eigenvalue weighted by Gasteiger charge is 2.19. The summed E-state index contributed by atoms with van der Waals surface area (Å²) >= 11 is 5.75. The molecule has 1 unspecified atom stereocenters. The number of benzene rings is 1. The molecule has 1 aromatic carbocycles. The zero-order valence-corrected chi connectivity index (χ0v) is 6.64. The highest BCUT2D eigenvalue weighted by atomic mass is 35.5. The molecule has 58 valence electrons. The van der Waals surface area contributed by atoms with E-state index in [-0.39, 0.29) is 6.04 Å². The molecule has 0 bridgehead atoms. The van der Waals surface area contributed by atoms with Crippen LogP contribution in [0.1, 0.15) is 11.6 Å². The molecular weight excluding hydrogens is 162 g/mol. The van der Waals surface area contributed by atoms with E-state index < -0.39 is 0 Å². The first-order valence-corrected chi connectivity index (χ1v) is 3.83. The Morgan fingerprint density at radius 2 is 2.36 bits per heavy atom. The van der Waals surface area contributed by atoms with Crippen LogP contribution in [0.4, 0.5) is 0 Å². The van der Waals surface area contributed by atoms with Gasteiger partial charge in [0.15, 0.2) is 0 Å². The van der Waals surface area contributed by atoms with Crippen LogP contribution in [0, 0.1) is 0 Å². The van der Waals surface area contributed by atoms with Gasteiger partial charge in [0.1, 0.15) is 12.4 Å². The quantitative estimate of drug-likeness (QED) is 0.642. The van der Waals surface area contributed by atoms with Crippen LogP contribution in [0.2, 0.25) is 5.02 Å². The lowest BCUT2D eigenvalue weighted by molar-refractivity contribution is 0.333. The minimum atomic E-state index is 0.0160. The molecule has 0 aromatic heterocycles. The molecule has 1 aliphatic rings. The molecule has 1 heterocycles. The summed E-state index contributed by atoms with van der Waals surface area (Å²) in [4.78, 5) is 0. The Morgan fingerprint density at radius 1 is 1.55 bits per heavy atom. The molecule has 0 saturated heterocycles. The molecule has 0 fully saturated rings. The number of ether oxygens (including phenoxy) is 1. The summed E-state index contributed by atoms with van der Waals surface area (Å²) in [5.74, 6) is 0.824. The number of hydrogen-bond donors (Lipinski definition) is 1. The van der Waals surface area contributed by atoms with Gasteiger partial charge in [-0.05, 0) is 12.1 Å². The van der Waals surface area contributed by atoms with Crippen molar-refractivity contribution < 1.29 is 4.74 Å². The van der Waals surface area contributed by atoms with Gasteiger partial charge in [0.2, 0.25) is 0 Å². The normalized spacial score (nSPS) is 21.1. The lowest BCUT2D eigenvalue weighted by atomic mass is 10.1. The van der Waals surface area contributed by atoms with Crippen LogP contribution in [0.5, 0.6) is 5.75 Å². The third-order valence-corrected chi connectivity index (χ3v) is 2.03. The van der Waals surface area contributed by atoms with Crippen molar-refractivity contribution in [3.05, 3.63) is 28.8 Å². The van der Waals surface area contributed by atoms with Gasteiger partial charge in [-0.15, -0.1) is 0 Å². The largest absolute Gasteiger partial charge is 0.491 e. The second-order valence-corrected chi connectivity index (χ2v) is 3.04. The second-order valence-electron chi connectivity index (χ2n) is 2.60. The van der Waals surface area contributed by atoms with Gasteiger partial charge in [0, 0.05) is 10.6 Å². The van der Waals surface area contributed by atoms with Gasteiger partial charge < -0.3 is 10.5 Å². The summed E-state index contributed by atoms with van der Waals surface area (Å²) in [5.41, 5.74) is 6.78. The zero-order valence-electron chi connectivity index (χ0n) is 5.88. The van der Waals surface area contributed by atoms with Gasteiger partial charge in [0.05, 0.1) is 6.04 Å². The fourth-order valence-electron chi connectivity index (χ4n) is 1.21. The second kappa shape index (κ2) is 2.40. The summed E-state index contributed by atoms with van der Waals surface area (Å²) in [5, 5.41) is 0.692. The van der Waals surface area contributed by atoms with Crippen molar-refractivity contribution >= 4 is 11.6 Å². The van der Waals surface area contributed by atoms with E-state index in [1.165, 1.54) is 0 Å². The van der Waals surface area contributed by atoms with E-state index in [4.69, 9.17) is 22.1 Å². The SMILES string of the molecule is NC1COc2cc(Cl)ccc21. The maximum absolute atomic E-state index is 5.75. The minimum Gasteiger partial charge on any atom is -0.491 e. The van der Waals surface area contributed by atoms with Gasteiger partial charge in [0.25, 0.3) is 0 Å². The first kappa shape index (κ1) is 6.95. The fraction of sp³-hybridized carbons (Fsp3) is 0.250. The monoisotopic (exact) mass is 169 g/mol. The van der Waals surface area contributed by atoms with Crippen LogP contribution in [0.3, 0.4) is 0 Å². The molecule has 2 rings (SSSR count). The van der Waals surface area contributed by atoms with Crippen LogP contribution in [-0.4, -0.2) is 6.61 Å². The maximum Gasteiger partial charge on any atom is 0.125 e. The highest BCUT2D eigenvalue weighted by Crippen LogP contribution is 2.32. The van der Waals surface area contributed by atoms with Crippen LogP contribution in [-0.2, 0) is 0 Å². The van der Waals surface area contributed by atoms with Crippen molar-refractivity contribution in [3.8, 4) is 5.75 Å². The van der Waals surface area contributed by atoms with Crippen molar-refractivity contribution in [2.45, 2.75) is 6.04 Å². The Bertz CT molecular complexity index is 287. The number of hydrogen-bond acceptors (Lipinski definition) is 2. The lowest BCUT2D eigenvalue weighted by Gasteiger charge is -1.98. The van der Waals surface area contributed by atoms with Crippen LogP contribution in [0.15, 0.2) is 18.2 Å². The van der Waals surface area contributed by atoms with E-state index in [1.807, 2.05) is 12.1 Å². The summed E-state index contributed by atoms with van der Waals surface area (Å²) in [6.07, 6.45) is 0. The standard InChI is InChI=1S/C8H8ClNO/c9-5-1-2-6-7(10)4-11-8(6)3-5/h1-3,7H,4,10H2. The molecule has 2 N–H and O–H groups in total. The Morgan fingerprint density at radius 3 is 3.18 bits per heavy atom. The predicted molar refractivity (Wildman–Crippen MR) is 43.9 cm³/mol. The topological polar surface area (TPSA) is 35.2 Å². The zero-order chi connectivity index (χ0) is 7.84. The average molecular weight is 170 g/mol. The molecule has 0 amide bonds. The third-order valence-electron chi connectivity index (χ3n) is 1.79. The van der Waals surface area contributed by atoms with E-state index in [2.05, 4.69) is 0 Å². The molecule has 1 aliphatic heterocycles. The number of halogens is 1. The van der Waals surface area contributed by atoms with Crippen LogP contribution in [0.25, 0.3) is 0 Å². The van der Waals surface area contributed by atoms with Crippen LogP contribution < -0.4 is 10.5 Å². The minimum absolute atomic E-state index is 0.0160. The molecule has 3 heteroatoms. The van der Waals surface area contributed by atoms with Gasteiger partial charge in [-0.2, -0.15) is 0 Å². The van der Waals surface area contributed by atoms with Gasteiger partial charge in [-0.3, -0.25) is 0 Å². The molecule has 2 nitrogen and oxygen atoms in total. The summed E-state index contributed by atoms with van der Waals surface area (Å²) in [6, 6.07) is 5.55. The fourth-order valence-corrected chi connectivity index (χ4v) is 1.37. The molecule has 1 atom stereocenters.